The fourth-order valence-corrected chi connectivity index (χ4v) is 3.18. The summed E-state index contributed by atoms with van der Waals surface area (Å²) in [6, 6.07) is 14.2. The Balaban J connectivity index is 1.47. The number of benzene rings is 2. The third-order valence-corrected chi connectivity index (χ3v) is 4.89. The molecule has 1 aliphatic rings. The van der Waals surface area contributed by atoms with E-state index in [1.165, 1.54) is 11.1 Å². The molecule has 134 valence electrons. The summed E-state index contributed by atoms with van der Waals surface area (Å²) in [7, 11) is 0. The van der Waals surface area contributed by atoms with Gasteiger partial charge in [0.1, 0.15) is 5.82 Å². The summed E-state index contributed by atoms with van der Waals surface area (Å²) < 4.78 is 25.0. The summed E-state index contributed by atoms with van der Waals surface area (Å²) in [5.74, 6) is 0.392. The van der Waals surface area contributed by atoms with Gasteiger partial charge in [0, 0.05) is 5.92 Å². The van der Waals surface area contributed by atoms with Crippen LogP contribution in [0, 0.1) is 18.7 Å². The highest BCUT2D eigenvalue weighted by Gasteiger charge is 2.18. The molecule has 0 aromatic heterocycles. The lowest BCUT2D eigenvalue weighted by Crippen LogP contribution is -2.30. The minimum absolute atomic E-state index is 0.0612. The molecule has 1 fully saturated rings. The van der Waals surface area contributed by atoms with E-state index in [0.717, 1.165) is 50.0 Å². The van der Waals surface area contributed by atoms with E-state index in [4.69, 9.17) is 9.47 Å². The van der Waals surface area contributed by atoms with Crippen LogP contribution in [-0.2, 0) is 28.7 Å². The monoisotopic (exact) mass is 342 g/mol. The van der Waals surface area contributed by atoms with E-state index in [9.17, 15) is 4.39 Å². The van der Waals surface area contributed by atoms with Crippen molar-refractivity contribution in [2.75, 3.05) is 13.2 Å². The van der Waals surface area contributed by atoms with Gasteiger partial charge in [-0.25, -0.2) is 4.39 Å². The van der Waals surface area contributed by atoms with Gasteiger partial charge in [0.15, 0.2) is 6.29 Å². The van der Waals surface area contributed by atoms with Crippen molar-refractivity contribution < 1.29 is 13.9 Å². The summed E-state index contributed by atoms with van der Waals surface area (Å²) in [5, 5.41) is 0. The molecule has 0 bridgehead atoms. The van der Waals surface area contributed by atoms with Crippen LogP contribution in [0.4, 0.5) is 4.39 Å². The molecule has 2 aromatic carbocycles. The first kappa shape index (κ1) is 18.1. The molecule has 0 unspecified atom stereocenters. The Kier molecular flexibility index (Phi) is 6.22. The van der Waals surface area contributed by atoms with Gasteiger partial charge in [-0.1, -0.05) is 36.4 Å². The van der Waals surface area contributed by atoms with E-state index in [0.29, 0.717) is 5.92 Å². The number of hydrogen-bond donors (Lipinski definition) is 0. The number of ether oxygens (including phenoxy) is 2. The zero-order valence-electron chi connectivity index (χ0n) is 15.1. The minimum atomic E-state index is -0.0946. The zero-order valence-corrected chi connectivity index (χ0v) is 15.1. The van der Waals surface area contributed by atoms with Crippen LogP contribution in [0.1, 0.15) is 35.6 Å². The Morgan fingerprint density at radius 3 is 2.20 bits per heavy atom. The third kappa shape index (κ3) is 5.38. The average Bonchev–Trinajstić information content (AvgIpc) is 2.61. The molecular weight excluding hydrogens is 315 g/mol. The summed E-state index contributed by atoms with van der Waals surface area (Å²) in [6.45, 7) is 5.44. The van der Waals surface area contributed by atoms with E-state index in [1.807, 2.05) is 26.0 Å². The highest BCUT2D eigenvalue weighted by atomic mass is 19.1. The minimum Gasteiger partial charge on any atom is -0.353 e. The summed E-state index contributed by atoms with van der Waals surface area (Å²) in [5.41, 5.74) is 4.35. The quantitative estimate of drug-likeness (QED) is 0.746. The van der Waals surface area contributed by atoms with Crippen molar-refractivity contribution >= 4 is 0 Å². The molecule has 2 aromatic rings. The third-order valence-electron chi connectivity index (χ3n) is 4.89. The van der Waals surface area contributed by atoms with Gasteiger partial charge in [0.2, 0.25) is 0 Å². The second-order valence-corrected chi connectivity index (χ2v) is 7.05. The number of halogens is 1. The molecule has 0 N–H and O–H groups in total. The molecule has 2 nitrogen and oxygen atoms in total. The van der Waals surface area contributed by atoms with Gasteiger partial charge in [-0.15, -0.1) is 0 Å². The Morgan fingerprint density at radius 1 is 0.920 bits per heavy atom. The van der Waals surface area contributed by atoms with Crippen LogP contribution in [0.5, 0.6) is 0 Å². The van der Waals surface area contributed by atoms with Crippen LogP contribution in [0.25, 0.3) is 0 Å². The molecule has 3 rings (SSSR count). The second kappa shape index (κ2) is 8.59. The Morgan fingerprint density at radius 2 is 1.56 bits per heavy atom. The maximum atomic E-state index is 13.9. The van der Waals surface area contributed by atoms with Gasteiger partial charge in [-0.2, -0.15) is 0 Å². The first-order chi connectivity index (χ1) is 12.1. The molecule has 0 aliphatic carbocycles. The van der Waals surface area contributed by atoms with Crippen molar-refractivity contribution in [1.82, 2.24) is 0 Å². The number of aryl methyl sites for hydroxylation is 4. The summed E-state index contributed by atoms with van der Waals surface area (Å²) >= 11 is 0. The van der Waals surface area contributed by atoms with Gasteiger partial charge in [0.25, 0.3) is 0 Å². The molecule has 0 amide bonds. The smallest absolute Gasteiger partial charge is 0.154 e. The Hall–Kier alpha value is -1.71. The SMILES string of the molecule is Cc1ccc(CCc2ccc(CCC3COC(C)OC3)cc2)c(F)c1. The number of rotatable bonds is 6. The van der Waals surface area contributed by atoms with Crippen LogP contribution in [0.15, 0.2) is 42.5 Å². The Labute approximate surface area is 150 Å². The fourth-order valence-electron chi connectivity index (χ4n) is 3.18. The van der Waals surface area contributed by atoms with Crippen LogP contribution < -0.4 is 0 Å². The van der Waals surface area contributed by atoms with Crippen LogP contribution in [-0.4, -0.2) is 19.5 Å². The van der Waals surface area contributed by atoms with Crippen LogP contribution >= 0.6 is 0 Å². The molecule has 3 heteroatoms. The van der Waals surface area contributed by atoms with Gasteiger partial charge in [0.05, 0.1) is 13.2 Å². The van der Waals surface area contributed by atoms with Crippen molar-refractivity contribution in [3.8, 4) is 0 Å². The first-order valence-electron chi connectivity index (χ1n) is 9.16. The standard InChI is InChI=1S/C22H27FO2/c1-16-3-11-21(22(23)13-16)12-10-19-6-4-18(5-7-19)8-9-20-14-24-17(2)25-15-20/h3-7,11,13,17,20H,8-10,12,14-15H2,1-2H3. The number of hydrogen-bond acceptors (Lipinski definition) is 2. The predicted octanol–water partition coefficient (Wildman–Crippen LogP) is 4.86. The maximum absolute atomic E-state index is 13.9. The molecule has 0 atom stereocenters. The molecular formula is C22H27FO2. The normalized spacial score (nSPS) is 20.6. The van der Waals surface area contributed by atoms with Gasteiger partial charge >= 0.3 is 0 Å². The average molecular weight is 342 g/mol. The van der Waals surface area contributed by atoms with E-state index in [-0.39, 0.29) is 12.1 Å². The molecule has 0 radical (unpaired) electrons. The highest BCUT2D eigenvalue weighted by Crippen LogP contribution is 2.18. The second-order valence-electron chi connectivity index (χ2n) is 7.05. The zero-order chi connectivity index (χ0) is 17.6. The summed E-state index contributed by atoms with van der Waals surface area (Å²) in [6.07, 6.45) is 3.66. The van der Waals surface area contributed by atoms with E-state index >= 15 is 0 Å². The largest absolute Gasteiger partial charge is 0.353 e. The lowest BCUT2D eigenvalue weighted by molar-refractivity contribution is -0.190. The van der Waals surface area contributed by atoms with Gasteiger partial charge in [-0.3, -0.25) is 0 Å². The highest BCUT2D eigenvalue weighted by molar-refractivity contribution is 5.27. The topological polar surface area (TPSA) is 18.5 Å². The van der Waals surface area contributed by atoms with Crippen molar-refractivity contribution in [3.63, 3.8) is 0 Å². The molecule has 0 spiro atoms. The van der Waals surface area contributed by atoms with Gasteiger partial charge < -0.3 is 9.47 Å². The molecule has 1 aliphatic heterocycles. The summed E-state index contributed by atoms with van der Waals surface area (Å²) in [4.78, 5) is 0. The van der Waals surface area contributed by atoms with Crippen LogP contribution in [0.2, 0.25) is 0 Å². The van der Waals surface area contributed by atoms with Crippen molar-refractivity contribution in [2.45, 2.75) is 45.8 Å². The molecule has 1 saturated heterocycles. The molecule has 1 heterocycles. The molecule has 25 heavy (non-hydrogen) atoms. The van der Waals surface area contributed by atoms with Crippen molar-refractivity contribution in [3.05, 3.63) is 70.5 Å². The molecule has 0 saturated carbocycles. The van der Waals surface area contributed by atoms with Crippen molar-refractivity contribution in [1.29, 1.82) is 0 Å². The maximum Gasteiger partial charge on any atom is 0.154 e. The van der Waals surface area contributed by atoms with Crippen molar-refractivity contribution in [2.24, 2.45) is 5.92 Å². The lowest BCUT2D eigenvalue weighted by atomic mass is 9.98. The van der Waals surface area contributed by atoms with E-state index in [1.54, 1.807) is 6.07 Å². The van der Waals surface area contributed by atoms with Gasteiger partial charge in [-0.05, 0) is 67.9 Å². The lowest BCUT2D eigenvalue weighted by Gasteiger charge is -2.27. The Bertz CT molecular complexity index is 673. The van der Waals surface area contributed by atoms with E-state index < -0.39 is 0 Å². The fraction of sp³-hybridized carbons (Fsp3) is 0.455. The first-order valence-corrected chi connectivity index (χ1v) is 9.16. The van der Waals surface area contributed by atoms with Crippen LogP contribution in [0.3, 0.4) is 0 Å². The predicted molar refractivity (Wildman–Crippen MR) is 98.2 cm³/mol. The van der Waals surface area contributed by atoms with E-state index in [2.05, 4.69) is 24.3 Å².